The third-order valence-electron chi connectivity index (χ3n) is 4.14. The van der Waals surface area contributed by atoms with Crippen molar-refractivity contribution < 1.29 is 13.2 Å². The summed E-state index contributed by atoms with van der Waals surface area (Å²) < 4.78 is 27.4. The van der Waals surface area contributed by atoms with Crippen LogP contribution in [0.25, 0.3) is 0 Å². The lowest BCUT2D eigenvalue weighted by Crippen LogP contribution is -2.39. The van der Waals surface area contributed by atoms with Crippen molar-refractivity contribution in [2.75, 3.05) is 10.8 Å². The largest absolute Gasteiger partial charge is 0.271 e. The number of hydrazone groups is 1. The van der Waals surface area contributed by atoms with Crippen molar-refractivity contribution in [3.63, 3.8) is 0 Å². The molecule has 29 heavy (non-hydrogen) atoms. The first-order chi connectivity index (χ1) is 14.0. The molecule has 0 saturated heterocycles. The molecule has 0 heterocycles. The maximum atomic E-state index is 13.2. The highest BCUT2D eigenvalue weighted by molar-refractivity contribution is 7.92. The number of hydrogen-bond acceptors (Lipinski definition) is 4. The molecule has 0 aliphatic rings. The number of carbonyl (C=O) groups is 1. The monoisotopic (exact) mass is 407 g/mol. The van der Waals surface area contributed by atoms with Crippen LogP contribution in [0.2, 0.25) is 0 Å². The summed E-state index contributed by atoms with van der Waals surface area (Å²) >= 11 is 0. The fourth-order valence-corrected chi connectivity index (χ4v) is 4.07. The lowest BCUT2D eigenvalue weighted by molar-refractivity contribution is -0.119. The minimum absolute atomic E-state index is 0.112. The van der Waals surface area contributed by atoms with Crippen molar-refractivity contribution in [1.82, 2.24) is 5.43 Å². The van der Waals surface area contributed by atoms with Crippen LogP contribution >= 0.6 is 0 Å². The van der Waals surface area contributed by atoms with Crippen molar-refractivity contribution in [3.8, 4) is 0 Å². The molecule has 0 fully saturated rings. The summed E-state index contributed by atoms with van der Waals surface area (Å²) in [5, 5.41) is 3.91. The van der Waals surface area contributed by atoms with E-state index in [-0.39, 0.29) is 4.90 Å². The Morgan fingerprint density at radius 1 is 0.931 bits per heavy atom. The summed E-state index contributed by atoms with van der Waals surface area (Å²) in [6.45, 7) is 1.51. The second kappa shape index (κ2) is 9.16. The van der Waals surface area contributed by atoms with Gasteiger partial charge in [-0.25, -0.2) is 13.8 Å². The van der Waals surface area contributed by atoms with Gasteiger partial charge in [0.05, 0.1) is 16.8 Å². The van der Waals surface area contributed by atoms with Crippen LogP contribution in [-0.4, -0.2) is 27.1 Å². The van der Waals surface area contributed by atoms with E-state index in [0.29, 0.717) is 5.69 Å². The number of amides is 1. The van der Waals surface area contributed by atoms with Crippen LogP contribution in [0.3, 0.4) is 0 Å². The molecule has 0 spiro atoms. The van der Waals surface area contributed by atoms with Gasteiger partial charge in [-0.1, -0.05) is 66.2 Å². The van der Waals surface area contributed by atoms with Gasteiger partial charge in [0.15, 0.2) is 0 Å². The summed E-state index contributed by atoms with van der Waals surface area (Å²) in [6.07, 6.45) is 1.50. The maximum Gasteiger partial charge on any atom is 0.264 e. The second-order valence-electron chi connectivity index (χ2n) is 6.36. The summed E-state index contributed by atoms with van der Waals surface area (Å²) in [4.78, 5) is 12.5. The number of benzene rings is 3. The number of rotatable bonds is 7. The minimum Gasteiger partial charge on any atom is -0.271 e. The van der Waals surface area contributed by atoms with Crippen molar-refractivity contribution in [1.29, 1.82) is 0 Å². The fraction of sp³-hybridized carbons (Fsp3) is 0.0909. The number of hydrogen-bond donors (Lipinski definition) is 1. The van der Waals surface area contributed by atoms with Crippen molar-refractivity contribution in [2.45, 2.75) is 11.8 Å². The molecule has 0 radical (unpaired) electrons. The highest BCUT2D eigenvalue weighted by Crippen LogP contribution is 2.23. The first-order valence-corrected chi connectivity index (χ1v) is 10.4. The Balaban J connectivity index is 1.83. The first kappa shape index (κ1) is 20.3. The molecule has 3 aromatic carbocycles. The van der Waals surface area contributed by atoms with E-state index in [4.69, 9.17) is 0 Å². The van der Waals surface area contributed by atoms with Gasteiger partial charge in [0.1, 0.15) is 6.54 Å². The maximum absolute atomic E-state index is 13.2. The molecule has 7 heteroatoms. The molecule has 0 atom stereocenters. The van der Waals surface area contributed by atoms with E-state index in [9.17, 15) is 13.2 Å². The van der Waals surface area contributed by atoms with Crippen molar-refractivity contribution in [2.24, 2.45) is 5.10 Å². The average molecular weight is 407 g/mol. The molecule has 0 aliphatic carbocycles. The molecule has 0 aliphatic heterocycles. The number of anilines is 1. The first-order valence-electron chi connectivity index (χ1n) is 8.98. The SMILES string of the molecule is Cc1ccc(N(CC(=O)N/N=C\c2ccccc2)S(=O)(=O)c2ccccc2)cc1. The van der Waals surface area contributed by atoms with Crippen LogP contribution < -0.4 is 9.73 Å². The Hall–Kier alpha value is -3.45. The Bertz CT molecular complexity index is 1080. The zero-order valence-corrected chi connectivity index (χ0v) is 16.7. The predicted molar refractivity (Wildman–Crippen MR) is 114 cm³/mol. The van der Waals surface area contributed by atoms with Crippen molar-refractivity contribution >= 4 is 27.8 Å². The van der Waals surface area contributed by atoms with E-state index in [2.05, 4.69) is 10.5 Å². The molecule has 3 aromatic rings. The highest BCUT2D eigenvalue weighted by atomic mass is 32.2. The third-order valence-corrected chi connectivity index (χ3v) is 5.93. The zero-order chi connectivity index (χ0) is 20.7. The second-order valence-corrected chi connectivity index (χ2v) is 8.23. The summed E-state index contributed by atoms with van der Waals surface area (Å²) in [6, 6.07) is 24.3. The molecule has 3 rings (SSSR count). The van der Waals surface area contributed by atoms with Crippen LogP contribution in [0, 0.1) is 6.92 Å². The van der Waals surface area contributed by atoms with E-state index in [1.54, 1.807) is 42.5 Å². The summed E-state index contributed by atoms with van der Waals surface area (Å²) in [7, 11) is -3.92. The molecule has 6 nitrogen and oxygen atoms in total. The summed E-state index contributed by atoms with van der Waals surface area (Å²) in [5.74, 6) is -0.544. The van der Waals surface area contributed by atoms with Gasteiger partial charge in [0.25, 0.3) is 15.9 Å². The molecule has 1 N–H and O–H groups in total. The molecular weight excluding hydrogens is 386 g/mol. The Morgan fingerprint density at radius 2 is 1.52 bits per heavy atom. The molecule has 0 aromatic heterocycles. The standard InChI is InChI=1S/C22H21N3O3S/c1-18-12-14-20(15-13-18)25(29(27,28)21-10-6-3-7-11-21)17-22(26)24-23-16-19-8-4-2-5-9-19/h2-16H,17H2,1H3,(H,24,26)/b23-16-. The fourth-order valence-electron chi connectivity index (χ4n) is 2.63. The number of aryl methyl sites for hydroxylation is 1. The predicted octanol–water partition coefficient (Wildman–Crippen LogP) is 3.34. The van der Waals surface area contributed by atoms with E-state index < -0.39 is 22.5 Å². The van der Waals surface area contributed by atoms with Gasteiger partial charge in [-0.3, -0.25) is 9.10 Å². The average Bonchev–Trinajstić information content (AvgIpc) is 2.74. The normalized spacial score (nSPS) is 11.3. The quantitative estimate of drug-likeness (QED) is 0.482. The number of nitrogens with zero attached hydrogens (tertiary/aromatic N) is 2. The number of nitrogens with one attached hydrogen (secondary N) is 1. The molecule has 0 unspecified atom stereocenters. The van der Waals surface area contributed by atoms with Crippen LogP contribution in [0.4, 0.5) is 5.69 Å². The molecule has 148 valence electrons. The van der Waals surface area contributed by atoms with Crippen molar-refractivity contribution in [3.05, 3.63) is 96.1 Å². The van der Waals surface area contributed by atoms with E-state index in [1.807, 2.05) is 37.3 Å². The summed E-state index contributed by atoms with van der Waals surface area (Å²) in [5.41, 5.74) is 4.60. The smallest absolute Gasteiger partial charge is 0.264 e. The topological polar surface area (TPSA) is 78.8 Å². The Morgan fingerprint density at radius 3 is 2.14 bits per heavy atom. The van der Waals surface area contributed by atoms with E-state index in [0.717, 1.165) is 15.4 Å². The van der Waals surface area contributed by atoms with Gasteiger partial charge in [-0.05, 0) is 36.8 Å². The molecule has 0 saturated carbocycles. The van der Waals surface area contributed by atoms with Gasteiger partial charge in [0, 0.05) is 0 Å². The number of sulfonamides is 1. The molecule has 0 bridgehead atoms. The van der Waals surface area contributed by atoms with Crippen LogP contribution in [-0.2, 0) is 14.8 Å². The Labute approximate surface area is 170 Å². The molecule has 1 amide bonds. The minimum atomic E-state index is -3.92. The van der Waals surface area contributed by atoms with Crippen LogP contribution in [0.1, 0.15) is 11.1 Å². The zero-order valence-electron chi connectivity index (χ0n) is 15.9. The van der Waals surface area contributed by atoms with Crippen LogP contribution in [0.15, 0.2) is 94.9 Å². The van der Waals surface area contributed by atoms with Crippen LogP contribution in [0.5, 0.6) is 0 Å². The van der Waals surface area contributed by atoms with E-state index >= 15 is 0 Å². The van der Waals surface area contributed by atoms with Gasteiger partial charge in [0.2, 0.25) is 0 Å². The van der Waals surface area contributed by atoms with Gasteiger partial charge >= 0.3 is 0 Å². The lowest BCUT2D eigenvalue weighted by atomic mass is 10.2. The highest BCUT2D eigenvalue weighted by Gasteiger charge is 2.26. The third kappa shape index (κ3) is 5.30. The van der Waals surface area contributed by atoms with E-state index in [1.165, 1.54) is 18.3 Å². The Kier molecular flexibility index (Phi) is 6.41. The molecular formula is C22H21N3O3S. The lowest BCUT2D eigenvalue weighted by Gasteiger charge is -2.23. The van der Waals surface area contributed by atoms with Gasteiger partial charge in [-0.2, -0.15) is 5.10 Å². The van der Waals surface area contributed by atoms with Gasteiger partial charge in [-0.15, -0.1) is 0 Å². The number of carbonyl (C=O) groups excluding carboxylic acids is 1. The van der Waals surface area contributed by atoms with Gasteiger partial charge < -0.3 is 0 Å².